The third kappa shape index (κ3) is 22.5. The van der Waals surface area contributed by atoms with Crippen LogP contribution in [0.2, 0.25) is 0 Å². The number of hydrogen-bond donors (Lipinski definition) is 2. The van der Waals surface area contributed by atoms with Crippen LogP contribution in [0.25, 0.3) is 0 Å². The quantitative estimate of drug-likeness (QED) is 0.591. The molecule has 2 nitrogen and oxygen atoms in total. The Kier molecular flexibility index (Phi) is 45.6. The van der Waals surface area contributed by atoms with E-state index in [4.69, 9.17) is 0 Å². The minimum absolute atomic E-state index is 1.14. The van der Waals surface area contributed by atoms with Gasteiger partial charge < -0.3 is 10.6 Å². The molecular formula is C10H28N2. The lowest BCUT2D eigenvalue weighted by Gasteiger charge is -2.11. The van der Waals surface area contributed by atoms with Crippen molar-refractivity contribution in [3.05, 3.63) is 0 Å². The summed E-state index contributed by atoms with van der Waals surface area (Å²) in [6.07, 6.45) is 0. The van der Waals surface area contributed by atoms with Crippen molar-refractivity contribution < 1.29 is 0 Å². The molecule has 0 unspecified atom stereocenters. The van der Waals surface area contributed by atoms with Crippen LogP contribution in [0.5, 0.6) is 0 Å². The van der Waals surface area contributed by atoms with E-state index in [1.165, 1.54) is 0 Å². The normalized spacial score (nSPS) is 13.5. The highest BCUT2D eigenvalue weighted by molar-refractivity contribution is 4.59. The zero-order valence-electron chi connectivity index (χ0n) is 9.83. The minimum Gasteiger partial charge on any atom is -0.314 e. The van der Waals surface area contributed by atoms with Crippen LogP contribution in [-0.4, -0.2) is 26.2 Å². The Morgan fingerprint density at radius 2 is 0.667 bits per heavy atom. The van der Waals surface area contributed by atoms with E-state index >= 15 is 0 Å². The maximum absolute atomic E-state index is 3.22. The Hall–Kier alpha value is -0.0800. The van der Waals surface area contributed by atoms with E-state index in [0.717, 1.165) is 26.2 Å². The Bertz CT molecular complexity index is 23.3. The number of nitrogens with one attached hydrogen (secondary N) is 2. The molecule has 0 aromatic carbocycles. The molecule has 0 amide bonds. The molecule has 0 saturated carbocycles. The van der Waals surface area contributed by atoms with Crippen LogP contribution >= 0.6 is 0 Å². The van der Waals surface area contributed by atoms with Crippen molar-refractivity contribution in [2.45, 2.75) is 41.5 Å². The van der Waals surface area contributed by atoms with Gasteiger partial charge in [0.25, 0.3) is 0 Å². The van der Waals surface area contributed by atoms with Gasteiger partial charge in [0.15, 0.2) is 0 Å². The third-order valence-electron chi connectivity index (χ3n) is 0.957. The van der Waals surface area contributed by atoms with Crippen LogP contribution < -0.4 is 10.6 Å². The summed E-state index contributed by atoms with van der Waals surface area (Å²) in [6.45, 7) is 16.6. The smallest absolute Gasteiger partial charge is 0.00772 e. The Morgan fingerprint density at radius 3 is 0.750 bits per heavy atom. The Labute approximate surface area is 79.1 Å². The molecule has 1 aliphatic heterocycles. The van der Waals surface area contributed by atoms with Gasteiger partial charge in [-0.25, -0.2) is 0 Å². The van der Waals surface area contributed by atoms with Crippen LogP contribution in [0.15, 0.2) is 0 Å². The van der Waals surface area contributed by atoms with Gasteiger partial charge in [0, 0.05) is 26.2 Å². The van der Waals surface area contributed by atoms with Gasteiger partial charge in [-0.05, 0) is 0 Å². The second-order valence-electron chi connectivity index (χ2n) is 1.50. The molecule has 2 N–H and O–H groups in total. The van der Waals surface area contributed by atoms with E-state index < -0.39 is 0 Å². The van der Waals surface area contributed by atoms with Crippen LogP contribution in [-0.2, 0) is 0 Å². The predicted octanol–water partition coefficient (Wildman–Crippen LogP) is 2.26. The first-order valence-electron chi connectivity index (χ1n) is 5.41. The van der Waals surface area contributed by atoms with E-state index in [2.05, 4.69) is 10.6 Å². The summed E-state index contributed by atoms with van der Waals surface area (Å²) in [5.41, 5.74) is 0. The molecule has 1 saturated heterocycles. The highest BCUT2D eigenvalue weighted by Crippen LogP contribution is 1.65. The van der Waals surface area contributed by atoms with Gasteiger partial charge in [0.1, 0.15) is 0 Å². The van der Waals surface area contributed by atoms with Crippen molar-refractivity contribution in [2.24, 2.45) is 0 Å². The Balaban J connectivity index is -0.000000117. The summed E-state index contributed by atoms with van der Waals surface area (Å²) in [7, 11) is 0. The molecule has 2 heteroatoms. The number of hydrogen-bond acceptors (Lipinski definition) is 2. The standard InChI is InChI=1S/C4H10N2.3C2H6/c1-2-6-4-3-5-1;3*1-2/h5-6H,1-4H2;3*1-2H3. The topological polar surface area (TPSA) is 24.1 Å². The van der Waals surface area contributed by atoms with E-state index in [1.807, 2.05) is 41.5 Å². The predicted molar refractivity (Wildman–Crippen MR) is 59.8 cm³/mol. The van der Waals surface area contributed by atoms with Gasteiger partial charge in [-0.15, -0.1) is 0 Å². The van der Waals surface area contributed by atoms with Gasteiger partial charge in [-0.3, -0.25) is 0 Å². The van der Waals surface area contributed by atoms with Crippen molar-refractivity contribution in [2.75, 3.05) is 26.2 Å². The molecule has 1 rings (SSSR count). The average molecular weight is 176 g/mol. The molecule has 0 aromatic heterocycles. The lowest BCUT2D eigenvalue weighted by Crippen LogP contribution is -2.39. The molecule has 0 aromatic rings. The average Bonchev–Trinajstić information content (AvgIpc) is 2.29. The lowest BCUT2D eigenvalue weighted by atomic mass is 10.4. The molecule has 0 bridgehead atoms. The van der Waals surface area contributed by atoms with Crippen molar-refractivity contribution in [1.82, 2.24) is 10.6 Å². The molecule has 0 spiro atoms. The second kappa shape index (κ2) is 30.7. The SMILES string of the molecule is C1CNCCN1.CC.CC.CC. The highest BCUT2D eigenvalue weighted by Gasteiger charge is 1.91. The van der Waals surface area contributed by atoms with Gasteiger partial charge in [-0.1, -0.05) is 41.5 Å². The molecule has 78 valence electrons. The first-order valence-corrected chi connectivity index (χ1v) is 5.41. The summed E-state index contributed by atoms with van der Waals surface area (Å²) < 4.78 is 0. The maximum Gasteiger partial charge on any atom is 0.00772 e. The first kappa shape index (κ1) is 17.9. The number of rotatable bonds is 0. The minimum atomic E-state index is 1.14. The fraction of sp³-hybridized carbons (Fsp3) is 1.00. The van der Waals surface area contributed by atoms with E-state index in [9.17, 15) is 0 Å². The Morgan fingerprint density at radius 1 is 0.500 bits per heavy atom. The van der Waals surface area contributed by atoms with Crippen molar-refractivity contribution in [3.63, 3.8) is 0 Å². The van der Waals surface area contributed by atoms with Crippen LogP contribution in [0.4, 0.5) is 0 Å². The number of piperazine rings is 1. The monoisotopic (exact) mass is 176 g/mol. The third-order valence-corrected chi connectivity index (χ3v) is 0.957. The molecule has 0 atom stereocenters. The van der Waals surface area contributed by atoms with Crippen molar-refractivity contribution in [1.29, 1.82) is 0 Å². The first-order chi connectivity index (χ1) is 6.00. The molecule has 1 aliphatic rings. The summed E-state index contributed by atoms with van der Waals surface area (Å²) >= 11 is 0. The van der Waals surface area contributed by atoms with Gasteiger partial charge >= 0.3 is 0 Å². The van der Waals surface area contributed by atoms with Crippen LogP contribution in [0.3, 0.4) is 0 Å². The lowest BCUT2D eigenvalue weighted by molar-refractivity contribution is 0.534. The summed E-state index contributed by atoms with van der Waals surface area (Å²) in [5, 5.41) is 6.44. The summed E-state index contributed by atoms with van der Waals surface area (Å²) in [4.78, 5) is 0. The zero-order chi connectivity index (χ0) is 10.2. The molecule has 0 radical (unpaired) electrons. The van der Waals surface area contributed by atoms with Crippen LogP contribution in [0, 0.1) is 0 Å². The van der Waals surface area contributed by atoms with Gasteiger partial charge in [0.2, 0.25) is 0 Å². The molecule has 1 fully saturated rings. The summed E-state index contributed by atoms with van der Waals surface area (Å²) in [5.74, 6) is 0. The largest absolute Gasteiger partial charge is 0.314 e. The van der Waals surface area contributed by atoms with Crippen molar-refractivity contribution >= 4 is 0 Å². The second-order valence-corrected chi connectivity index (χ2v) is 1.50. The van der Waals surface area contributed by atoms with E-state index in [0.29, 0.717) is 0 Å². The highest BCUT2D eigenvalue weighted by atomic mass is 15.0. The maximum atomic E-state index is 3.22. The summed E-state index contributed by atoms with van der Waals surface area (Å²) in [6, 6.07) is 0. The van der Waals surface area contributed by atoms with Gasteiger partial charge in [-0.2, -0.15) is 0 Å². The zero-order valence-corrected chi connectivity index (χ0v) is 9.83. The fourth-order valence-corrected chi connectivity index (χ4v) is 0.604. The van der Waals surface area contributed by atoms with Gasteiger partial charge in [0.05, 0.1) is 0 Å². The van der Waals surface area contributed by atoms with Crippen LogP contribution in [0.1, 0.15) is 41.5 Å². The molecule has 12 heavy (non-hydrogen) atoms. The van der Waals surface area contributed by atoms with E-state index in [1.54, 1.807) is 0 Å². The fourth-order valence-electron chi connectivity index (χ4n) is 0.604. The molecule has 0 aliphatic carbocycles. The van der Waals surface area contributed by atoms with Crippen molar-refractivity contribution in [3.8, 4) is 0 Å². The molecule has 1 heterocycles. The van der Waals surface area contributed by atoms with E-state index in [-0.39, 0.29) is 0 Å². The molecular weight excluding hydrogens is 148 g/mol.